The van der Waals surface area contributed by atoms with Crippen LogP contribution in [-0.4, -0.2) is 56.2 Å². The summed E-state index contributed by atoms with van der Waals surface area (Å²) >= 11 is 13.5. The second kappa shape index (κ2) is 13.2. The smallest absolute Gasteiger partial charge is 0.354 e. The summed E-state index contributed by atoms with van der Waals surface area (Å²) in [6.45, 7) is 10.8. The summed E-state index contributed by atoms with van der Waals surface area (Å²) in [4.78, 5) is 29.5. The molecule has 1 aliphatic heterocycles. The van der Waals surface area contributed by atoms with Gasteiger partial charge in [0.15, 0.2) is 0 Å². The fraction of sp³-hybridized carbons (Fsp3) is 0.325. The largest absolute Gasteiger partial charge is 0.506 e. The molecule has 7 rings (SSSR count). The first-order valence-corrected chi connectivity index (χ1v) is 18.0. The van der Waals surface area contributed by atoms with Crippen LogP contribution in [0.25, 0.3) is 32.9 Å². The molecule has 52 heavy (non-hydrogen) atoms. The number of carbonyl (C=O) groups is 2. The normalized spacial score (nSPS) is 14.5. The van der Waals surface area contributed by atoms with Crippen molar-refractivity contribution >= 4 is 62.6 Å². The second-order valence-corrected chi connectivity index (χ2v) is 14.5. The van der Waals surface area contributed by atoms with Crippen molar-refractivity contribution in [1.29, 1.82) is 0 Å². The first-order valence-electron chi connectivity index (χ1n) is 17.2. The summed E-state index contributed by atoms with van der Waals surface area (Å²) in [6.07, 6.45) is 1.20. The fourth-order valence-corrected chi connectivity index (χ4v) is 8.26. The number of amides is 1. The van der Waals surface area contributed by atoms with Crippen LogP contribution < -0.4 is 9.64 Å². The number of methoxy groups -OCH3 is 1. The van der Waals surface area contributed by atoms with E-state index in [9.17, 15) is 9.90 Å². The van der Waals surface area contributed by atoms with Gasteiger partial charge >= 0.3 is 5.97 Å². The fourth-order valence-electron chi connectivity index (χ4n) is 7.91. The number of halogens is 2. The number of hydrogen-bond donors (Lipinski definition) is 1. The molecule has 0 aliphatic carbocycles. The van der Waals surface area contributed by atoms with Crippen molar-refractivity contribution in [1.82, 2.24) is 18.9 Å². The second-order valence-electron chi connectivity index (χ2n) is 13.7. The van der Waals surface area contributed by atoms with Gasteiger partial charge in [0.1, 0.15) is 22.9 Å². The summed E-state index contributed by atoms with van der Waals surface area (Å²) in [5.74, 6) is 0.0186. The maximum atomic E-state index is 15.0. The molecule has 0 radical (unpaired) electrons. The molecule has 0 bridgehead atoms. The minimum Gasteiger partial charge on any atom is -0.506 e. The lowest BCUT2D eigenvalue weighted by Crippen LogP contribution is -2.42. The number of rotatable bonds is 8. The molecule has 1 aliphatic rings. The Hall–Kier alpha value is -4.93. The molecule has 12 heteroatoms. The third-order valence-electron chi connectivity index (χ3n) is 10.4. The van der Waals surface area contributed by atoms with Crippen molar-refractivity contribution in [3.05, 3.63) is 92.0 Å². The van der Waals surface area contributed by atoms with Crippen LogP contribution in [-0.2, 0) is 25.3 Å². The van der Waals surface area contributed by atoms with E-state index in [0.717, 1.165) is 60.9 Å². The van der Waals surface area contributed by atoms with Gasteiger partial charge in [0.25, 0.3) is 5.91 Å². The van der Waals surface area contributed by atoms with Crippen molar-refractivity contribution in [2.75, 3.05) is 25.2 Å². The van der Waals surface area contributed by atoms with E-state index in [2.05, 4.69) is 11.5 Å². The number of carbonyl (C=O) groups excluding carboxylic acids is 2. The van der Waals surface area contributed by atoms with Crippen LogP contribution in [0.3, 0.4) is 0 Å². The molecule has 6 aromatic rings. The molecule has 0 fully saturated rings. The van der Waals surface area contributed by atoms with Crippen molar-refractivity contribution in [2.24, 2.45) is 14.1 Å². The first kappa shape index (κ1) is 35.5. The highest BCUT2D eigenvalue weighted by molar-refractivity contribution is 6.35. The van der Waals surface area contributed by atoms with Gasteiger partial charge in [-0.1, -0.05) is 29.3 Å². The number of phenols is 1. The van der Waals surface area contributed by atoms with Gasteiger partial charge in [-0.05, 0) is 101 Å². The van der Waals surface area contributed by atoms with Crippen molar-refractivity contribution in [2.45, 2.75) is 53.5 Å². The number of fused-ring (bicyclic) bond motifs is 4. The number of aromatic nitrogens is 4. The van der Waals surface area contributed by atoms with Crippen LogP contribution in [0.15, 0.2) is 42.5 Å². The zero-order chi connectivity index (χ0) is 37.3. The molecule has 1 N–H and O–H groups in total. The van der Waals surface area contributed by atoms with Gasteiger partial charge in [-0.25, -0.2) is 4.79 Å². The number of nitrogens with zero attached hydrogens (tertiary/aromatic N) is 5. The predicted octanol–water partition coefficient (Wildman–Crippen LogP) is 8.80. The number of esters is 1. The molecule has 3 aromatic carbocycles. The maximum absolute atomic E-state index is 15.0. The summed E-state index contributed by atoms with van der Waals surface area (Å²) < 4.78 is 16.8. The van der Waals surface area contributed by atoms with E-state index in [1.807, 2.05) is 63.7 Å². The van der Waals surface area contributed by atoms with E-state index in [0.29, 0.717) is 53.3 Å². The molecule has 270 valence electrons. The number of ether oxygens (including phenoxy) is 2. The quantitative estimate of drug-likeness (QED) is 0.124. The highest BCUT2D eigenvalue weighted by Gasteiger charge is 2.38. The Labute approximate surface area is 312 Å². The predicted molar refractivity (Wildman–Crippen MR) is 206 cm³/mol. The number of aryl methyl sites for hydroxylation is 6. The van der Waals surface area contributed by atoms with Crippen LogP contribution in [0.5, 0.6) is 11.5 Å². The molecule has 1 amide bonds. The highest BCUT2D eigenvalue weighted by Crippen LogP contribution is 2.46. The SMILES string of the molecule is COC(=O)c1cc2c(N3C[C@@H](C)n4c(c(CCCOc5cc(C)c(Cl)c(C)c5)c5ccc(Cl)c(-c6c(C)nn(C)c6C)c54)C3=O)ccc(O)c2n1C. The van der Waals surface area contributed by atoms with E-state index in [4.69, 9.17) is 37.8 Å². The molecule has 10 nitrogen and oxygen atoms in total. The van der Waals surface area contributed by atoms with Gasteiger partial charge in [0.2, 0.25) is 0 Å². The van der Waals surface area contributed by atoms with Crippen LogP contribution in [0.1, 0.15) is 68.4 Å². The Morgan fingerprint density at radius 2 is 1.69 bits per heavy atom. The van der Waals surface area contributed by atoms with Crippen molar-refractivity contribution in [3.63, 3.8) is 0 Å². The van der Waals surface area contributed by atoms with E-state index in [-0.39, 0.29) is 23.4 Å². The molecular weight excluding hydrogens is 701 g/mol. The third-order valence-corrected chi connectivity index (χ3v) is 11.3. The van der Waals surface area contributed by atoms with Crippen LogP contribution in [0, 0.1) is 27.7 Å². The number of anilines is 1. The molecule has 0 unspecified atom stereocenters. The number of hydrogen-bond acceptors (Lipinski definition) is 6. The molecule has 0 saturated heterocycles. The summed E-state index contributed by atoms with van der Waals surface area (Å²) in [6, 6.07) is 12.6. The van der Waals surface area contributed by atoms with Gasteiger partial charge in [-0.2, -0.15) is 5.10 Å². The standard InChI is InChI=1S/C40H41Cl2N5O5/c1-20-16-25(17-21(2)35(20)42)52-15-9-10-26-27-11-12-29(41)34(33-23(4)43-45(7)24(33)5)37(27)47-22(3)19-46(39(49)38(26)47)30-13-14-32(48)36-28(30)18-31(44(36)6)40(50)51-8/h11-14,16-18,22,48H,9-10,15,19H2,1-8H3/t22-/m1/s1. The average Bonchev–Trinajstić information content (AvgIpc) is 3.72. The van der Waals surface area contributed by atoms with E-state index < -0.39 is 5.97 Å². The molecule has 3 aromatic heterocycles. The van der Waals surface area contributed by atoms with E-state index in [1.165, 1.54) is 7.11 Å². The number of benzene rings is 3. The average molecular weight is 743 g/mol. The Morgan fingerprint density at radius 1 is 0.981 bits per heavy atom. The zero-order valence-corrected chi connectivity index (χ0v) is 32.0. The minimum absolute atomic E-state index is 0.00344. The topological polar surface area (TPSA) is 104 Å². The number of phenolic OH excluding ortho intramolecular Hbond substituents is 1. The molecular formula is C40H41Cl2N5O5. The first-order chi connectivity index (χ1) is 24.7. The van der Waals surface area contributed by atoms with Crippen molar-refractivity contribution in [3.8, 4) is 22.6 Å². The van der Waals surface area contributed by atoms with Gasteiger partial charge in [-0.15, -0.1) is 0 Å². The molecule has 1 atom stereocenters. The van der Waals surface area contributed by atoms with Crippen molar-refractivity contribution < 1.29 is 24.2 Å². The summed E-state index contributed by atoms with van der Waals surface area (Å²) in [5, 5.41) is 18.4. The Kier molecular flexibility index (Phi) is 9.03. The van der Waals surface area contributed by atoms with Gasteiger partial charge < -0.3 is 28.6 Å². The number of aromatic hydroxyl groups is 1. The Balaban J connectivity index is 1.39. The van der Waals surface area contributed by atoms with Crippen LogP contribution in [0.4, 0.5) is 5.69 Å². The van der Waals surface area contributed by atoms with Crippen LogP contribution in [0.2, 0.25) is 10.0 Å². The molecule has 4 heterocycles. The minimum atomic E-state index is -0.540. The Morgan fingerprint density at radius 3 is 2.35 bits per heavy atom. The highest BCUT2D eigenvalue weighted by atomic mass is 35.5. The third kappa shape index (κ3) is 5.51. The lowest BCUT2D eigenvalue weighted by atomic mass is 9.98. The van der Waals surface area contributed by atoms with Gasteiger partial charge in [-0.3, -0.25) is 9.48 Å². The zero-order valence-electron chi connectivity index (χ0n) is 30.5. The van der Waals surface area contributed by atoms with Crippen LogP contribution >= 0.6 is 23.2 Å². The maximum Gasteiger partial charge on any atom is 0.354 e. The Bertz CT molecular complexity index is 2430. The molecule has 0 saturated carbocycles. The van der Waals surface area contributed by atoms with E-state index >= 15 is 4.79 Å². The van der Waals surface area contributed by atoms with Gasteiger partial charge in [0, 0.05) is 59.3 Å². The lowest BCUT2D eigenvalue weighted by Gasteiger charge is -2.34. The van der Waals surface area contributed by atoms with Gasteiger partial charge in [0.05, 0.1) is 41.2 Å². The monoisotopic (exact) mass is 741 g/mol. The summed E-state index contributed by atoms with van der Waals surface area (Å²) in [5.41, 5.74) is 9.18. The lowest BCUT2D eigenvalue weighted by molar-refractivity contribution is 0.0590. The molecule has 0 spiro atoms. The summed E-state index contributed by atoms with van der Waals surface area (Å²) in [7, 11) is 4.92. The van der Waals surface area contributed by atoms with E-state index in [1.54, 1.807) is 34.7 Å².